The highest BCUT2D eigenvalue weighted by Gasteiger charge is 2.21. The van der Waals surface area contributed by atoms with Gasteiger partial charge in [0.15, 0.2) is 5.65 Å². The Hall–Kier alpha value is -2.42. The first-order chi connectivity index (χ1) is 15.1. The molecule has 3 heterocycles. The number of benzene rings is 1. The molecule has 172 valence electrons. The third-order valence-electron chi connectivity index (χ3n) is 6.60. The number of hydrogen-bond acceptors (Lipinski definition) is 7. The molecule has 0 spiro atoms. The zero-order valence-corrected chi connectivity index (χ0v) is 19.4. The molecule has 5 rings (SSSR count). The molecule has 2 aromatic heterocycles. The first kappa shape index (κ1) is 22.8. The zero-order chi connectivity index (χ0) is 21.4. The molecule has 2 N–H and O–H groups in total. The molecular formula is C23H31ClN6O2. The Morgan fingerprint density at radius 3 is 2.75 bits per heavy atom. The lowest BCUT2D eigenvalue weighted by Gasteiger charge is -2.26. The summed E-state index contributed by atoms with van der Waals surface area (Å²) in [6.45, 7) is 2.81. The summed E-state index contributed by atoms with van der Waals surface area (Å²) in [4.78, 5) is 11.6. The van der Waals surface area contributed by atoms with Gasteiger partial charge in [0.1, 0.15) is 5.75 Å². The van der Waals surface area contributed by atoms with E-state index in [4.69, 9.17) is 9.72 Å². The topological polar surface area (TPSA) is 88.3 Å². The number of nitrogens with zero attached hydrogens (tertiary/aromatic N) is 5. The smallest absolute Gasteiger partial charge is 0.229 e. The van der Waals surface area contributed by atoms with Gasteiger partial charge in [-0.15, -0.1) is 12.4 Å². The van der Waals surface area contributed by atoms with Crippen molar-refractivity contribution < 1.29 is 9.84 Å². The van der Waals surface area contributed by atoms with Crippen molar-refractivity contribution in [3.63, 3.8) is 0 Å². The van der Waals surface area contributed by atoms with Crippen LogP contribution >= 0.6 is 12.4 Å². The van der Waals surface area contributed by atoms with E-state index in [0.29, 0.717) is 11.9 Å². The highest BCUT2D eigenvalue weighted by atomic mass is 35.5. The zero-order valence-electron chi connectivity index (χ0n) is 18.6. The quantitative estimate of drug-likeness (QED) is 0.604. The second kappa shape index (κ2) is 9.60. The van der Waals surface area contributed by atoms with Crippen molar-refractivity contribution in [1.29, 1.82) is 0 Å². The second-order valence-electron chi connectivity index (χ2n) is 8.91. The van der Waals surface area contributed by atoms with Gasteiger partial charge in [-0.25, -0.2) is 9.67 Å². The molecule has 1 aromatic carbocycles. The maximum atomic E-state index is 9.77. The first-order valence-electron chi connectivity index (χ1n) is 11.1. The molecule has 0 atom stereocenters. The average molecular weight is 459 g/mol. The summed E-state index contributed by atoms with van der Waals surface area (Å²) in [5.41, 5.74) is 4.36. The van der Waals surface area contributed by atoms with Crippen LogP contribution in [-0.4, -0.2) is 56.6 Å². The van der Waals surface area contributed by atoms with Crippen LogP contribution in [0, 0.1) is 5.92 Å². The minimum absolute atomic E-state index is 0. The molecule has 1 fully saturated rings. The third kappa shape index (κ3) is 4.67. The summed E-state index contributed by atoms with van der Waals surface area (Å²) in [5, 5.41) is 18.6. The van der Waals surface area contributed by atoms with Crippen LogP contribution in [0.2, 0.25) is 0 Å². The Morgan fingerprint density at radius 1 is 1.16 bits per heavy atom. The van der Waals surface area contributed by atoms with Gasteiger partial charge in [-0.3, -0.25) is 0 Å². The molecule has 3 aromatic rings. The normalized spacial score (nSPS) is 21.1. The van der Waals surface area contributed by atoms with Gasteiger partial charge in [0.2, 0.25) is 5.95 Å². The largest absolute Gasteiger partial charge is 0.495 e. The second-order valence-corrected chi connectivity index (χ2v) is 8.91. The molecule has 0 radical (unpaired) electrons. The Balaban J connectivity index is 0.00000245. The van der Waals surface area contributed by atoms with Crippen LogP contribution in [0.15, 0.2) is 24.5 Å². The van der Waals surface area contributed by atoms with Crippen molar-refractivity contribution in [2.24, 2.45) is 5.92 Å². The van der Waals surface area contributed by atoms with E-state index in [1.165, 1.54) is 11.1 Å². The predicted octanol–water partition coefficient (Wildman–Crippen LogP) is 3.54. The SMILES string of the molecule is COc1cc2c(cc1Nc1ncc3cnn(C[C@H]4CC[C@H](O)CC4)c3n1)CN(C)CC2.Cl. The van der Waals surface area contributed by atoms with E-state index in [0.717, 1.165) is 74.2 Å². The van der Waals surface area contributed by atoms with Crippen LogP contribution in [0.1, 0.15) is 36.8 Å². The number of aromatic nitrogens is 4. The minimum atomic E-state index is -0.143. The maximum absolute atomic E-state index is 9.77. The van der Waals surface area contributed by atoms with Gasteiger partial charge >= 0.3 is 0 Å². The minimum Gasteiger partial charge on any atom is -0.495 e. The number of fused-ring (bicyclic) bond motifs is 2. The van der Waals surface area contributed by atoms with E-state index in [1.807, 2.05) is 17.1 Å². The molecule has 0 bridgehead atoms. The molecule has 2 aliphatic rings. The van der Waals surface area contributed by atoms with Crippen LogP contribution < -0.4 is 10.1 Å². The Kier molecular flexibility index (Phi) is 6.83. The number of aliphatic hydroxyl groups is 1. The fourth-order valence-corrected chi connectivity index (χ4v) is 4.75. The summed E-state index contributed by atoms with van der Waals surface area (Å²) in [6, 6.07) is 4.28. The van der Waals surface area contributed by atoms with Crippen LogP contribution in [0.5, 0.6) is 5.75 Å². The fraction of sp³-hybridized carbons (Fsp3) is 0.522. The van der Waals surface area contributed by atoms with Gasteiger partial charge in [-0.05, 0) is 68.3 Å². The molecule has 1 aliphatic heterocycles. The third-order valence-corrected chi connectivity index (χ3v) is 6.60. The molecular weight excluding hydrogens is 428 g/mol. The summed E-state index contributed by atoms with van der Waals surface area (Å²) in [6.07, 6.45) is 8.33. The lowest BCUT2D eigenvalue weighted by Crippen LogP contribution is -2.26. The van der Waals surface area contributed by atoms with Crippen molar-refractivity contribution in [2.75, 3.05) is 26.0 Å². The van der Waals surface area contributed by atoms with E-state index >= 15 is 0 Å². The number of rotatable bonds is 5. The van der Waals surface area contributed by atoms with E-state index in [1.54, 1.807) is 7.11 Å². The Morgan fingerprint density at radius 2 is 1.97 bits per heavy atom. The molecule has 8 nitrogen and oxygen atoms in total. The van der Waals surface area contributed by atoms with Crippen LogP contribution in [0.4, 0.5) is 11.6 Å². The van der Waals surface area contributed by atoms with Gasteiger partial charge in [-0.1, -0.05) is 0 Å². The summed E-state index contributed by atoms with van der Waals surface area (Å²) >= 11 is 0. The lowest BCUT2D eigenvalue weighted by atomic mass is 9.87. The monoisotopic (exact) mass is 458 g/mol. The standard InChI is InChI=1S/C23H30N6O2.ClH/c1-28-8-7-16-10-21(31-2)20(9-17(16)14-28)26-23-24-11-18-12-25-29(22(18)27-23)13-15-3-5-19(30)6-4-15;/h9-12,15,19,30H,3-8,13-14H2,1-2H3,(H,24,26,27);1H/t15-,19-;. The molecule has 1 saturated carbocycles. The summed E-state index contributed by atoms with van der Waals surface area (Å²) in [5.74, 6) is 1.87. The number of aliphatic hydroxyl groups excluding tert-OH is 1. The van der Waals surface area contributed by atoms with Gasteiger partial charge in [0, 0.05) is 25.8 Å². The van der Waals surface area contributed by atoms with Crippen LogP contribution in [-0.2, 0) is 19.5 Å². The molecule has 1 aliphatic carbocycles. The predicted molar refractivity (Wildman–Crippen MR) is 127 cm³/mol. The first-order valence-corrected chi connectivity index (χ1v) is 11.1. The average Bonchev–Trinajstić information content (AvgIpc) is 3.17. The van der Waals surface area contributed by atoms with E-state index in [9.17, 15) is 5.11 Å². The number of ether oxygens (including phenoxy) is 1. The van der Waals surface area contributed by atoms with Gasteiger partial charge in [-0.2, -0.15) is 10.1 Å². The van der Waals surface area contributed by atoms with Crippen molar-refractivity contribution in [2.45, 2.75) is 51.3 Å². The van der Waals surface area contributed by atoms with Crippen molar-refractivity contribution in [3.05, 3.63) is 35.7 Å². The van der Waals surface area contributed by atoms with Crippen molar-refractivity contribution >= 4 is 35.1 Å². The van der Waals surface area contributed by atoms with Crippen molar-refractivity contribution in [1.82, 2.24) is 24.6 Å². The number of halogens is 1. The molecule has 0 unspecified atom stereocenters. The number of anilines is 2. The number of hydrogen-bond donors (Lipinski definition) is 2. The van der Waals surface area contributed by atoms with E-state index in [2.05, 4.69) is 39.5 Å². The molecule has 0 amide bonds. The lowest BCUT2D eigenvalue weighted by molar-refractivity contribution is 0.103. The van der Waals surface area contributed by atoms with Crippen LogP contribution in [0.3, 0.4) is 0 Å². The Labute approximate surface area is 194 Å². The number of nitrogens with one attached hydrogen (secondary N) is 1. The summed E-state index contributed by atoms with van der Waals surface area (Å²) in [7, 11) is 3.84. The number of methoxy groups -OCH3 is 1. The molecule has 0 saturated heterocycles. The van der Waals surface area contributed by atoms with E-state index in [-0.39, 0.29) is 18.5 Å². The highest BCUT2D eigenvalue weighted by Crippen LogP contribution is 2.33. The fourth-order valence-electron chi connectivity index (χ4n) is 4.75. The maximum Gasteiger partial charge on any atom is 0.229 e. The van der Waals surface area contributed by atoms with E-state index < -0.39 is 0 Å². The molecule has 32 heavy (non-hydrogen) atoms. The number of likely N-dealkylation sites (N-methyl/N-ethyl adjacent to an activating group) is 1. The molecule has 9 heteroatoms. The summed E-state index contributed by atoms with van der Waals surface area (Å²) < 4.78 is 7.62. The van der Waals surface area contributed by atoms with Gasteiger partial charge < -0.3 is 20.1 Å². The highest BCUT2D eigenvalue weighted by molar-refractivity contribution is 5.85. The van der Waals surface area contributed by atoms with Crippen LogP contribution in [0.25, 0.3) is 11.0 Å². The van der Waals surface area contributed by atoms with Gasteiger partial charge in [0.05, 0.1) is 30.5 Å². The van der Waals surface area contributed by atoms with Gasteiger partial charge in [0.25, 0.3) is 0 Å². The van der Waals surface area contributed by atoms with Crippen molar-refractivity contribution in [3.8, 4) is 5.75 Å². The Bertz CT molecular complexity index is 1080.